The van der Waals surface area contributed by atoms with Gasteiger partial charge in [-0.1, -0.05) is 25.0 Å². The Morgan fingerprint density at radius 3 is 2.67 bits per heavy atom. The summed E-state index contributed by atoms with van der Waals surface area (Å²) in [6.07, 6.45) is 14.1. The van der Waals surface area contributed by atoms with Crippen LogP contribution >= 0.6 is 0 Å². The number of amides is 3. The van der Waals surface area contributed by atoms with E-state index in [9.17, 15) is 22.8 Å². The zero-order chi connectivity index (χ0) is 37.9. The number of ether oxygens (including phenoxy) is 2. The number of fused-ring (bicyclic) bond motifs is 5. The summed E-state index contributed by atoms with van der Waals surface area (Å²) in [4.78, 5) is 58.8. The molecule has 5 aliphatic rings. The molecule has 286 valence electrons. The third-order valence-electron chi connectivity index (χ3n) is 12.3. The highest BCUT2D eigenvalue weighted by atomic mass is 32.2. The molecule has 1 spiro atoms. The van der Waals surface area contributed by atoms with Crippen molar-refractivity contribution in [2.75, 3.05) is 13.7 Å². The van der Waals surface area contributed by atoms with Crippen LogP contribution in [0.15, 0.2) is 48.8 Å². The van der Waals surface area contributed by atoms with E-state index in [0.29, 0.717) is 55.8 Å². The fraction of sp³-hybridized carbons (Fsp3) is 0.550. The number of nitrogens with one attached hydrogen (secondary N) is 2. The molecule has 8 rings (SSSR count). The van der Waals surface area contributed by atoms with Crippen molar-refractivity contribution in [2.24, 2.45) is 11.8 Å². The average molecular weight is 757 g/mol. The minimum atomic E-state index is -3.95. The van der Waals surface area contributed by atoms with Crippen LogP contribution in [0.3, 0.4) is 0 Å². The average Bonchev–Trinajstić information content (AvgIpc) is 4.05. The molecule has 54 heavy (non-hydrogen) atoms. The maximum absolute atomic E-state index is 14.8. The van der Waals surface area contributed by atoms with Crippen LogP contribution in [0, 0.1) is 18.8 Å². The zero-order valence-corrected chi connectivity index (χ0v) is 31.9. The maximum atomic E-state index is 14.8. The van der Waals surface area contributed by atoms with Crippen LogP contribution in [-0.2, 0) is 37.2 Å². The highest BCUT2D eigenvalue weighted by Crippen LogP contribution is 2.49. The predicted octanol–water partition coefficient (Wildman–Crippen LogP) is 4.26. The van der Waals surface area contributed by atoms with Gasteiger partial charge in [-0.15, -0.1) is 0 Å². The number of benzene rings is 1. The lowest BCUT2D eigenvalue weighted by atomic mass is 9.87. The number of hydrogen-bond acceptors (Lipinski definition) is 10. The van der Waals surface area contributed by atoms with Crippen molar-refractivity contribution in [1.29, 1.82) is 0 Å². The summed E-state index contributed by atoms with van der Waals surface area (Å²) in [5, 5.41) is 3.95. The number of pyridine rings is 1. The highest BCUT2D eigenvalue weighted by molar-refractivity contribution is 7.91. The lowest BCUT2D eigenvalue weighted by Gasteiger charge is -2.36. The van der Waals surface area contributed by atoms with Gasteiger partial charge in [-0.2, -0.15) is 0 Å². The van der Waals surface area contributed by atoms with Crippen LogP contribution < -0.4 is 19.5 Å². The van der Waals surface area contributed by atoms with Gasteiger partial charge in [0.1, 0.15) is 34.5 Å². The van der Waals surface area contributed by atoms with Crippen molar-refractivity contribution in [3.63, 3.8) is 0 Å². The first kappa shape index (κ1) is 36.4. The normalized spacial score (nSPS) is 29.8. The molecule has 1 aromatic carbocycles. The fourth-order valence-electron chi connectivity index (χ4n) is 8.59. The minimum absolute atomic E-state index is 0.167. The van der Waals surface area contributed by atoms with Crippen LogP contribution in [0.5, 0.6) is 11.5 Å². The number of allylic oxidation sites excluding steroid dienone is 1. The predicted molar refractivity (Wildman–Crippen MR) is 200 cm³/mol. The van der Waals surface area contributed by atoms with E-state index in [1.807, 2.05) is 37.3 Å². The molecule has 0 radical (unpaired) electrons. The van der Waals surface area contributed by atoms with Gasteiger partial charge in [0.05, 0.1) is 29.6 Å². The quantitative estimate of drug-likeness (QED) is 0.347. The molecule has 2 aromatic heterocycles. The Morgan fingerprint density at radius 1 is 1.11 bits per heavy atom. The Kier molecular flexibility index (Phi) is 9.17. The van der Waals surface area contributed by atoms with Gasteiger partial charge in [-0.25, -0.2) is 23.4 Å². The molecule has 3 aromatic rings. The van der Waals surface area contributed by atoms with Gasteiger partial charge >= 0.3 is 0 Å². The van der Waals surface area contributed by atoms with Gasteiger partial charge in [-0.05, 0) is 89.5 Å². The molecule has 3 amide bonds. The first-order valence-corrected chi connectivity index (χ1v) is 20.6. The number of carbonyl (C=O) groups excluding carboxylic acids is 3. The molecule has 1 unspecified atom stereocenters. The van der Waals surface area contributed by atoms with Crippen LogP contribution in [0.25, 0.3) is 10.9 Å². The van der Waals surface area contributed by atoms with Gasteiger partial charge in [0, 0.05) is 48.0 Å². The summed E-state index contributed by atoms with van der Waals surface area (Å²) in [5.41, 5.74) is 0.211. The smallest absolute Gasteiger partial charge is 0.259 e. The second-order valence-electron chi connectivity index (χ2n) is 16.1. The topological polar surface area (TPSA) is 170 Å². The van der Waals surface area contributed by atoms with E-state index in [1.54, 1.807) is 37.4 Å². The number of aryl methyl sites for hydroxylation is 2. The number of carbonyl (C=O) groups is 3. The first-order valence-electron chi connectivity index (χ1n) is 19.1. The number of rotatable bonds is 6. The van der Waals surface area contributed by atoms with Gasteiger partial charge in [-0.3, -0.25) is 19.1 Å². The summed E-state index contributed by atoms with van der Waals surface area (Å²) in [7, 11) is -2.33. The second-order valence-corrected chi connectivity index (χ2v) is 18.3. The lowest BCUT2D eigenvalue weighted by molar-refractivity contribution is -0.143. The van der Waals surface area contributed by atoms with E-state index in [4.69, 9.17) is 14.5 Å². The van der Waals surface area contributed by atoms with Crippen molar-refractivity contribution in [1.82, 2.24) is 29.9 Å². The van der Waals surface area contributed by atoms with Crippen LogP contribution in [0.2, 0.25) is 0 Å². The monoisotopic (exact) mass is 756 g/mol. The molecule has 0 bridgehead atoms. The summed E-state index contributed by atoms with van der Waals surface area (Å²) in [5.74, 6) is -0.372. The lowest BCUT2D eigenvalue weighted by Crippen LogP contribution is -2.57. The Balaban J connectivity index is 1.15. The van der Waals surface area contributed by atoms with Crippen molar-refractivity contribution in [3.05, 3.63) is 65.9 Å². The number of nitrogens with zero attached hydrogens (tertiary/aromatic N) is 4. The Morgan fingerprint density at radius 2 is 1.91 bits per heavy atom. The number of sulfonamides is 1. The largest absolute Gasteiger partial charge is 0.497 e. The maximum Gasteiger partial charge on any atom is 0.259 e. The van der Waals surface area contributed by atoms with Gasteiger partial charge in [0.15, 0.2) is 0 Å². The first-order chi connectivity index (χ1) is 25.9. The van der Waals surface area contributed by atoms with Gasteiger partial charge in [0.2, 0.25) is 21.8 Å². The summed E-state index contributed by atoms with van der Waals surface area (Å²) < 4.78 is 40.2. The molecule has 3 aliphatic heterocycles. The van der Waals surface area contributed by atoms with Crippen LogP contribution in [0.1, 0.15) is 88.2 Å². The van der Waals surface area contributed by atoms with Crippen molar-refractivity contribution >= 4 is 38.6 Å². The third-order valence-corrected chi connectivity index (χ3v) is 14.5. The van der Waals surface area contributed by atoms with Crippen LogP contribution in [0.4, 0.5) is 0 Å². The summed E-state index contributed by atoms with van der Waals surface area (Å²) in [6, 6.07) is 6.54. The van der Waals surface area contributed by atoms with E-state index in [2.05, 4.69) is 20.0 Å². The summed E-state index contributed by atoms with van der Waals surface area (Å²) >= 11 is 0. The third kappa shape index (κ3) is 6.60. The molecule has 3 fully saturated rings. The molecule has 2 aliphatic carbocycles. The molecule has 5 atom stereocenters. The standard InChI is InChI=1S/C40H48N6O7S/c1-25-34-29(30-21-28(52-3)12-13-31(30)43-25)14-15-39(53-34)23-32-35(47)44-40(37(49)45-54(50,51)38(2)16-17-38)22-27(40)11-8-6-4-5-7-10-26(36(48)46(32)24-39)20-33-41-18-9-19-42-33/h8-9,11-13,18-19,21,26-27,32H,4-7,10,14-17,20,22-24H2,1-3H3,(H,44,47)(H,45,49)/b11-8-/t26-,27-,32?,39-,40-/m1/s1. The van der Waals surface area contributed by atoms with Crippen molar-refractivity contribution in [2.45, 2.75) is 113 Å². The molecule has 13 nitrogen and oxygen atoms in total. The fourth-order valence-corrected chi connectivity index (χ4v) is 9.90. The van der Waals surface area contributed by atoms with E-state index in [1.165, 1.54) is 0 Å². The number of methoxy groups -OCH3 is 1. The Bertz CT molecular complexity index is 2140. The highest BCUT2D eigenvalue weighted by Gasteiger charge is 2.64. The molecule has 5 heterocycles. The second kappa shape index (κ2) is 13.6. The molecular weight excluding hydrogens is 709 g/mol. The van der Waals surface area contributed by atoms with E-state index < -0.39 is 49.7 Å². The van der Waals surface area contributed by atoms with E-state index >= 15 is 0 Å². The Labute approximate surface area is 315 Å². The molecule has 2 N–H and O–H groups in total. The summed E-state index contributed by atoms with van der Waals surface area (Å²) in [6.45, 7) is 3.69. The SMILES string of the molecule is COc1ccc2nc(C)c3c(c2c1)CC[C@]1(CC2C(=O)N[C@]4(C(=O)NS(=O)(=O)C5(C)CC5)C[C@H]4/C=C\CCCCC[C@H](Cc4ncccn4)C(=O)N2C1)O3. The number of aromatic nitrogens is 3. The van der Waals surface area contributed by atoms with E-state index in [0.717, 1.165) is 47.8 Å². The molecule has 14 heteroatoms. The van der Waals surface area contributed by atoms with E-state index in [-0.39, 0.29) is 31.2 Å². The van der Waals surface area contributed by atoms with Gasteiger partial charge < -0.3 is 19.7 Å². The minimum Gasteiger partial charge on any atom is -0.497 e. The number of hydrogen-bond donors (Lipinski definition) is 2. The van der Waals surface area contributed by atoms with Gasteiger partial charge in [0.25, 0.3) is 5.91 Å². The van der Waals surface area contributed by atoms with Crippen molar-refractivity contribution < 1.29 is 32.3 Å². The zero-order valence-electron chi connectivity index (χ0n) is 31.1. The molecule has 1 saturated heterocycles. The molecular formula is C40H48N6O7S. The van der Waals surface area contributed by atoms with Crippen LogP contribution in [-0.4, -0.2) is 81.6 Å². The van der Waals surface area contributed by atoms with Crippen molar-refractivity contribution in [3.8, 4) is 11.5 Å². The Hall–Kier alpha value is -4.59. The molecule has 2 saturated carbocycles.